The second kappa shape index (κ2) is 9.38. The summed E-state index contributed by atoms with van der Waals surface area (Å²) in [6.07, 6.45) is 0.973. The molecule has 3 aromatic carbocycles. The van der Waals surface area contributed by atoms with Gasteiger partial charge in [0.15, 0.2) is 0 Å². The molecule has 0 N–H and O–H groups in total. The molecule has 0 spiro atoms. The molecule has 2 heteroatoms. The van der Waals surface area contributed by atoms with Crippen molar-refractivity contribution < 1.29 is 9.47 Å². The summed E-state index contributed by atoms with van der Waals surface area (Å²) in [5, 5.41) is 0. The molecule has 0 fully saturated rings. The summed E-state index contributed by atoms with van der Waals surface area (Å²) in [5.74, 6) is 0.903. The van der Waals surface area contributed by atoms with Crippen molar-refractivity contribution in [2.24, 2.45) is 5.41 Å². The molecule has 3 rings (SSSR count). The van der Waals surface area contributed by atoms with Gasteiger partial charge in [0.2, 0.25) is 0 Å². The minimum atomic E-state index is 0.0845. The molecule has 2 nitrogen and oxygen atoms in total. The summed E-state index contributed by atoms with van der Waals surface area (Å²) < 4.78 is 11.8. The molecule has 27 heavy (non-hydrogen) atoms. The minimum Gasteiger partial charge on any atom is -0.489 e. The average Bonchev–Trinajstić information content (AvgIpc) is 2.69. The van der Waals surface area contributed by atoms with Crippen molar-refractivity contribution in [1.82, 2.24) is 0 Å². The van der Waals surface area contributed by atoms with E-state index in [2.05, 4.69) is 62.4 Å². The van der Waals surface area contributed by atoms with Gasteiger partial charge in [-0.1, -0.05) is 86.6 Å². The van der Waals surface area contributed by atoms with Crippen LogP contribution in [0.5, 0.6) is 5.75 Å². The Morgan fingerprint density at radius 3 is 1.78 bits per heavy atom. The highest BCUT2D eigenvalue weighted by Gasteiger charge is 2.19. The number of ether oxygens (including phenoxy) is 2. The lowest BCUT2D eigenvalue weighted by Crippen LogP contribution is -2.22. The summed E-state index contributed by atoms with van der Waals surface area (Å²) in [7, 11) is 0. The summed E-state index contributed by atoms with van der Waals surface area (Å²) in [4.78, 5) is 0. The molecule has 0 saturated carbocycles. The summed E-state index contributed by atoms with van der Waals surface area (Å²) >= 11 is 0. The van der Waals surface area contributed by atoms with Gasteiger partial charge in [-0.3, -0.25) is 0 Å². The van der Waals surface area contributed by atoms with E-state index in [9.17, 15) is 0 Å². The van der Waals surface area contributed by atoms with E-state index in [1.807, 2.05) is 36.4 Å². The minimum absolute atomic E-state index is 0.0845. The molecule has 0 unspecified atom stereocenters. The van der Waals surface area contributed by atoms with Gasteiger partial charge in [0, 0.05) is 0 Å². The summed E-state index contributed by atoms with van der Waals surface area (Å²) in [5.41, 5.74) is 3.78. The molecule has 0 aliphatic rings. The molecule has 0 heterocycles. The number of hydrogen-bond acceptors (Lipinski definition) is 2. The van der Waals surface area contributed by atoms with E-state index < -0.39 is 0 Å². The molecule has 0 aliphatic heterocycles. The lowest BCUT2D eigenvalue weighted by molar-refractivity contribution is 0.0514. The second-order valence-corrected chi connectivity index (χ2v) is 7.74. The number of benzene rings is 3. The lowest BCUT2D eigenvalue weighted by Gasteiger charge is -2.24. The fraction of sp³-hybridized carbons (Fsp3) is 0.280. The van der Waals surface area contributed by atoms with Crippen LogP contribution in [0.4, 0.5) is 0 Å². The maximum atomic E-state index is 5.94. The largest absolute Gasteiger partial charge is 0.489 e. The standard InChI is InChI=1S/C25H28O2/c1-25(2,20-26-18-22-9-5-3-6-10-22)17-21-13-15-24(16-14-21)27-19-23-11-7-4-8-12-23/h3-16H,17-20H2,1-2H3. The predicted molar refractivity (Wildman–Crippen MR) is 111 cm³/mol. The van der Waals surface area contributed by atoms with Crippen molar-refractivity contribution in [2.75, 3.05) is 6.61 Å². The SMILES string of the molecule is CC(C)(COCc1ccccc1)Cc1ccc(OCc2ccccc2)cc1. The molecule has 0 aliphatic carbocycles. The van der Waals surface area contributed by atoms with Crippen LogP contribution in [0.3, 0.4) is 0 Å². The zero-order valence-electron chi connectivity index (χ0n) is 16.2. The van der Waals surface area contributed by atoms with Crippen molar-refractivity contribution in [3.8, 4) is 5.75 Å². The fourth-order valence-electron chi connectivity index (χ4n) is 3.07. The third kappa shape index (κ3) is 6.58. The Bertz CT molecular complexity index is 793. The first kappa shape index (κ1) is 19.2. The molecule has 0 bridgehead atoms. The Hall–Kier alpha value is -2.58. The number of hydrogen-bond donors (Lipinski definition) is 0. The van der Waals surface area contributed by atoms with E-state index in [0.717, 1.165) is 18.8 Å². The monoisotopic (exact) mass is 360 g/mol. The van der Waals surface area contributed by atoms with Crippen LogP contribution in [0.2, 0.25) is 0 Å². The Labute approximate surface area is 162 Å². The first-order chi connectivity index (χ1) is 13.1. The first-order valence-electron chi connectivity index (χ1n) is 9.48. The van der Waals surface area contributed by atoms with Crippen LogP contribution in [0, 0.1) is 5.41 Å². The fourth-order valence-corrected chi connectivity index (χ4v) is 3.07. The van der Waals surface area contributed by atoms with E-state index in [0.29, 0.717) is 13.2 Å². The van der Waals surface area contributed by atoms with Crippen molar-refractivity contribution in [3.63, 3.8) is 0 Å². The van der Waals surface area contributed by atoms with Gasteiger partial charge < -0.3 is 9.47 Å². The quantitative estimate of drug-likeness (QED) is 0.462. The molecule has 0 saturated heterocycles. The Kier molecular flexibility index (Phi) is 6.67. The first-order valence-corrected chi connectivity index (χ1v) is 9.48. The van der Waals surface area contributed by atoms with E-state index in [-0.39, 0.29) is 5.41 Å². The van der Waals surface area contributed by atoms with Crippen molar-refractivity contribution in [2.45, 2.75) is 33.5 Å². The van der Waals surface area contributed by atoms with Gasteiger partial charge in [-0.15, -0.1) is 0 Å². The van der Waals surface area contributed by atoms with E-state index in [1.165, 1.54) is 16.7 Å². The molecule has 140 valence electrons. The van der Waals surface area contributed by atoms with Crippen LogP contribution < -0.4 is 4.74 Å². The van der Waals surface area contributed by atoms with Crippen LogP contribution in [-0.4, -0.2) is 6.61 Å². The second-order valence-electron chi connectivity index (χ2n) is 7.74. The highest BCUT2D eigenvalue weighted by Crippen LogP contribution is 2.24. The van der Waals surface area contributed by atoms with E-state index in [1.54, 1.807) is 0 Å². The highest BCUT2D eigenvalue weighted by molar-refractivity contribution is 5.28. The van der Waals surface area contributed by atoms with Gasteiger partial charge in [0.1, 0.15) is 12.4 Å². The van der Waals surface area contributed by atoms with Crippen molar-refractivity contribution in [1.29, 1.82) is 0 Å². The summed E-state index contributed by atoms with van der Waals surface area (Å²) in [6, 6.07) is 29.0. The average molecular weight is 360 g/mol. The van der Waals surface area contributed by atoms with E-state index in [4.69, 9.17) is 9.47 Å². The normalized spacial score (nSPS) is 11.3. The molecular formula is C25H28O2. The Morgan fingerprint density at radius 1 is 0.630 bits per heavy atom. The zero-order chi connectivity index (χ0) is 19.0. The van der Waals surface area contributed by atoms with Crippen LogP contribution in [0.25, 0.3) is 0 Å². The van der Waals surface area contributed by atoms with Gasteiger partial charge in [-0.25, -0.2) is 0 Å². The van der Waals surface area contributed by atoms with Crippen LogP contribution in [0.1, 0.15) is 30.5 Å². The Morgan fingerprint density at radius 2 is 1.19 bits per heavy atom. The van der Waals surface area contributed by atoms with Gasteiger partial charge in [-0.2, -0.15) is 0 Å². The smallest absolute Gasteiger partial charge is 0.119 e. The van der Waals surface area contributed by atoms with Crippen molar-refractivity contribution in [3.05, 3.63) is 102 Å². The van der Waals surface area contributed by atoms with Crippen molar-refractivity contribution >= 4 is 0 Å². The van der Waals surface area contributed by atoms with Crippen LogP contribution in [0.15, 0.2) is 84.9 Å². The van der Waals surface area contributed by atoms with Gasteiger partial charge in [0.25, 0.3) is 0 Å². The summed E-state index contributed by atoms with van der Waals surface area (Å²) in [6.45, 7) is 6.49. The molecule has 3 aromatic rings. The molecular weight excluding hydrogens is 332 g/mol. The van der Waals surface area contributed by atoms with Gasteiger partial charge in [0.05, 0.1) is 13.2 Å². The third-order valence-corrected chi connectivity index (χ3v) is 4.46. The van der Waals surface area contributed by atoms with Crippen LogP contribution in [-0.2, 0) is 24.4 Å². The topological polar surface area (TPSA) is 18.5 Å². The number of rotatable bonds is 9. The van der Waals surface area contributed by atoms with E-state index >= 15 is 0 Å². The zero-order valence-corrected chi connectivity index (χ0v) is 16.2. The Balaban J connectivity index is 1.46. The maximum Gasteiger partial charge on any atom is 0.119 e. The predicted octanol–water partition coefficient (Wildman–Crippen LogP) is 6.05. The van der Waals surface area contributed by atoms with Gasteiger partial charge in [-0.05, 0) is 40.7 Å². The van der Waals surface area contributed by atoms with Gasteiger partial charge >= 0.3 is 0 Å². The molecule has 0 aromatic heterocycles. The lowest BCUT2D eigenvalue weighted by atomic mass is 9.86. The molecule has 0 amide bonds. The highest BCUT2D eigenvalue weighted by atomic mass is 16.5. The van der Waals surface area contributed by atoms with Crippen LogP contribution >= 0.6 is 0 Å². The molecule has 0 radical (unpaired) electrons. The maximum absolute atomic E-state index is 5.94. The molecule has 0 atom stereocenters. The third-order valence-electron chi connectivity index (χ3n) is 4.46.